The van der Waals surface area contributed by atoms with Crippen molar-refractivity contribution in [2.75, 3.05) is 19.7 Å². The summed E-state index contributed by atoms with van der Waals surface area (Å²) in [6.07, 6.45) is 15.5. The predicted octanol–water partition coefficient (Wildman–Crippen LogP) is 5.80. The number of allylic oxidation sites excluding steroid dienone is 2. The summed E-state index contributed by atoms with van der Waals surface area (Å²) >= 11 is 12.3. The van der Waals surface area contributed by atoms with Gasteiger partial charge in [0.25, 0.3) is 5.91 Å². The van der Waals surface area contributed by atoms with Gasteiger partial charge in [-0.15, -0.1) is 0 Å². The predicted molar refractivity (Wildman–Crippen MR) is 119 cm³/mol. The van der Waals surface area contributed by atoms with Crippen LogP contribution >= 0.6 is 23.2 Å². The highest BCUT2D eigenvalue weighted by Gasteiger charge is 2.40. The van der Waals surface area contributed by atoms with Crippen molar-refractivity contribution in [3.8, 4) is 6.07 Å². The summed E-state index contributed by atoms with van der Waals surface area (Å²) < 4.78 is 4.33. The van der Waals surface area contributed by atoms with Crippen LogP contribution in [0.15, 0.2) is 23.6 Å². The summed E-state index contributed by atoms with van der Waals surface area (Å²) in [6.45, 7) is 5.40. The molecule has 1 N–H and O–H groups in total. The average molecular weight is 444 g/mol. The Labute approximate surface area is 186 Å². The summed E-state index contributed by atoms with van der Waals surface area (Å²) in [5, 5.41) is 12.1. The Morgan fingerprint density at radius 1 is 1.14 bits per heavy atom. The Morgan fingerprint density at radius 2 is 1.72 bits per heavy atom. The van der Waals surface area contributed by atoms with Gasteiger partial charge in [-0.25, -0.2) is 0 Å². The average Bonchev–Trinajstić information content (AvgIpc) is 2.99. The minimum atomic E-state index is -1.13. The number of rotatable bonds is 14. The molecule has 1 saturated heterocycles. The second-order valence-corrected chi connectivity index (χ2v) is 8.78. The van der Waals surface area contributed by atoms with Crippen LogP contribution in [0.3, 0.4) is 0 Å². The van der Waals surface area contributed by atoms with Crippen LogP contribution in [0.2, 0.25) is 0 Å². The van der Waals surface area contributed by atoms with Gasteiger partial charge in [0.2, 0.25) is 4.46 Å². The van der Waals surface area contributed by atoms with E-state index in [1.807, 2.05) is 13.0 Å². The minimum Gasteiger partial charge on any atom is -0.474 e. The number of nitriles is 1. The number of hydrogen-bond acceptors (Lipinski definition) is 4. The fourth-order valence-electron chi connectivity index (χ4n) is 3.23. The Balaban J connectivity index is 2.26. The topological polar surface area (TPSA) is 65.4 Å². The van der Waals surface area contributed by atoms with E-state index in [1.54, 1.807) is 11.0 Å². The SMILES string of the molecule is CCCCCCCCCCCCNC(=O)/C(C#N)=C\C=C1\OCC(Cl)(Cl)N1CC. The van der Waals surface area contributed by atoms with Crippen LogP contribution in [-0.4, -0.2) is 35.0 Å². The second kappa shape index (κ2) is 14.6. The number of halogens is 2. The van der Waals surface area contributed by atoms with Gasteiger partial charge in [0.15, 0.2) is 5.88 Å². The molecule has 0 aromatic rings. The van der Waals surface area contributed by atoms with Gasteiger partial charge in [0.1, 0.15) is 18.2 Å². The Bertz CT molecular complexity index is 597. The summed E-state index contributed by atoms with van der Waals surface area (Å²) in [6, 6.07) is 1.93. The van der Waals surface area contributed by atoms with E-state index in [0.29, 0.717) is 19.0 Å². The lowest BCUT2D eigenvalue weighted by Crippen LogP contribution is -2.34. The van der Waals surface area contributed by atoms with Crippen LogP contribution < -0.4 is 5.32 Å². The van der Waals surface area contributed by atoms with E-state index in [1.165, 1.54) is 57.4 Å². The Kier molecular flexibility index (Phi) is 12.9. The van der Waals surface area contributed by atoms with E-state index in [4.69, 9.17) is 27.9 Å². The van der Waals surface area contributed by atoms with Crippen LogP contribution in [0, 0.1) is 11.3 Å². The molecule has 1 heterocycles. The van der Waals surface area contributed by atoms with Crippen LogP contribution in [-0.2, 0) is 9.53 Å². The van der Waals surface area contributed by atoms with E-state index in [9.17, 15) is 10.1 Å². The highest BCUT2D eigenvalue weighted by molar-refractivity contribution is 6.48. The first-order chi connectivity index (χ1) is 14.0. The lowest BCUT2D eigenvalue weighted by Gasteiger charge is -2.24. The number of carbonyl (C=O) groups excluding carboxylic acids is 1. The van der Waals surface area contributed by atoms with Gasteiger partial charge in [-0.3, -0.25) is 4.79 Å². The van der Waals surface area contributed by atoms with Crippen molar-refractivity contribution in [3.63, 3.8) is 0 Å². The quantitative estimate of drug-likeness (QED) is 0.121. The number of unbranched alkanes of at least 4 members (excludes halogenated alkanes) is 9. The van der Waals surface area contributed by atoms with Crippen molar-refractivity contribution in [2.45, 2.75) is 82.5 Å². The molecule has 0 aromatic heterocycles. The third kappa shape index (κ3) is 9.78. The lowest BCUT2D eigenvalue weighted by molar-refractivity contribution is -0.117. The maximum absolute atomic E-state index is 12.2. The van der Waals surface area contributed by atoms with E-state index >= 15 is 0 Å². The van der Waals surface area contributed by atoms with Crippen LogP contribution in [0.5, 0.6) is 0 Å². The molecule has 0 spiro atoms. The number of ether oxygens (including phenoxy) is 1. The number of carbonyl (C=O) groups is 1. The van der Waals surface area contributed by atoms with Crippen molar-refractivity contribution >= 4 is 29.1 Å². The Hall–Kier alpha value is -1.38. The zero-order valence-corrected chi connectivity index (χ0v) is 19.3. The van der Waals surface area contributed by atoms with Crippen LogP contribution in [0.25, 0.3) is 0 Å². The van der Waals surface area contributed by atoms with Crippen LogP contribution in [0.4, 0.5) is 0 Å². The first-order valence-corrected chi connectivity index (χ1v) is 11.6. The fraction of sp³-hybridized carbons (Fsp3) is 0.727. The molecule has 0 aliphatic carbocycles. The third-order valence-electron chi connectivity index (χ3n) is 4.94. The first-order valence-electron chi connectivity index (χ1n) is 10.8. The van der Waals surface area contributed by atoms with Crippen LogP contribution in [0.1, 0.15) is 78.1 Å². The fourth-order valence-corrected chi connectivity index (χ4v) is 3.75. The Morgan fingerprint density at radius 3 is 2.28 bits per heavy atom. The molecule has 0 atom stereocenters. The van der Waals surface area contributed by atoms with Crippen molar-refractivity contribution < 1.29 is 9.53 Å². The number of alkyl halides is 2. The van der Waals surface area contributed by atoms with Gasteiger partial charge in [-0.2, -0.15) is 5.26 Å². The highest BCUT2D eigenvalue weighted by Crippen LogP contribution is 2.36. The molecule has 0 saturated carbocycles. The molecule has 1 aliphatic rings. The van der Waals surface area contributed by atoms with Gasteiger partial charge in [-0.1, -0.05) is 87.9 Å². The van der Waals surface area contributed by atoms with E-state index in [-0.39, 0.29) is 18.1 Å². The summed E-state index contributed by atoms with van der Waals surface area (Å²) in [5.41, 5.74) is 0.0332. The zero-order chi connectivity index (χ0) is 21.5. The number of likely N-dealkylation sites (N-methyl/N-ethyl adjacent to an activating group) is 1. The zero-order valence-electron chi connectivity index (χ0n) is 17.8. The van der Waals surface area contributed by atoms with Crippen molar-refractivity contribution in [1.82, 2.24) is 10.2 Å². The monoisotopic (exact) mass is 443 g/mol. The summed E-state index contributed by atoms with van der Waals surface area (Å²) in [4.78, 5) is 13.9. The van der Waals surface area contributed by atoms with Gasteiger partial charge in [-0.05, 0) is 25.5 Å². The second-order valence-electron chi connectivity index (χ2n) is 7.33. The maximum Gasteiger partial charge on any atom is 0.261 e. The number of nitrogens with zero attached hydrogens (tertiary/aromatic N) is 2. The van der Waals surface area contributed by atoms with E-state index in [0.717, 1.165) is 12.8 Å². The molecule has 1 aliphatic heterocycles. The standard InChI is InChI=1S/C22H35Cl2N3O2/c1-3-5-6-7-8-9-10-11-12-13-16-26-21(28)19(17-25)14-15-20-27(4-2)22(23,24)18-29-20/h14-15H,3-13,16,18H2,1-2H3,(H,26,28)/b19-14-,20-15+. The minimum absolute atomic E-state index is 0.0332. The molecule has 1 rings (SSSR count). The smallest absolute Gasteiger partial charge is 0.261 e. The normalized spacial score (nSPS) is 17.3. The third-order valence-corrected chi connectivity index (χ3v) is 5.57. The lowest BCUT2D eigenvalue weighted by atomic mass is 10.1. The molecule has 5 nitrogen and oxygen atoms in total. The number of nitrogens with one attached hydrogen (secondary N) is 1. The number of hydrogen-bond donors (Lipinski definition) is 1. The molecular weight excluding hydrogens is 409 g/mol. The van der Waals surface area contributed by atoms with Gasteiger partial charge in [0.05, 0.1) is 0 Å². The molecule has 7 heteroatoms. The molecule has 29 heavy (non-hydrogen) atoms. The van der Waals surface area contributed by atoms with Gasteiger partial charge < -0.3 is 15.0 Å². The molecule has 1 fully saturated rings. The van der Waals surface area contributed by atoms with E-state index < -0.39 is 4.46 Å². The van der Waals surface area contributed by atoms with E-state index in [2.05, 4.69) is 12.2 Å². The van der Waals surface area contributed by atoms with Crippen molar-refractivity contribution in [3.05, 3.63) is 23.6 Å². The molecule has 0 unspecified atom stereocenters. The molecule has 164 valence electrons. The molecule has 1 amide bonds. The van der Waals surface area contributed by atoms with Gasteiger partial charge >= 0.3 is 0 Å². The largest absolute Gasteiger partial charge is 0.474 e. The maximum atomic E-state index is 12.2. The number of amides is 1. The molecule has 0 bridgehead atoms. The highest BCUT2D eigenvalue weighted by atomic mass is 35.5. The molecule has 0 radical (unpaired) electrons. The summed E-state index contributed by atoms with van der Waals surface area (Å²) in [5.74, 6) is 0.0806. The van der Waals surface area contributed by atoms with Crippen molar-refractivity contribution in [2.24, 2.45) is 0 Å². The van der Waals surface area contributed by atoms with Gasteiger partial charge in [0, 0.05) is 13.1 Å². The summed E-state index contributed by atoms with van der Waals surface area (Å²) in [7, 11) is 0. The molecular formula is C22H35Cl2N3O2. The van der Waals surface area contributed by atoms with Crippen molar-refractivity contribution in [1.29, 1.82) is 5.26 Å². The first kappa shape index (κ1) is 25.7. The molecule has 0 aromatic carbocycles.